The lowest BCUT2D eigenvalue weighted by Gasteiger charge is -2.13. The van der Waals surface area contributed by atoms with Crippen LogP contribution in [0, 0.1) is 0 Å². The van der Waals surface area contributed by atoms with Crippen molar-refractivity contribution in [2.75, 3.05) is 18.5 Å². The highest BCUT2D eigenvalue weighted by atomic mass is 35.5. The third-order valence-electron chi connectivity index (χ3n) is 2.10. The van der Waals surface area contributed by atoms with Crippen molar-refractivity contribution in [3.05, 3.63) is 22.2 Å². The van der Waals surface area contributed by atoms with Gasteiger partial charge < -0.3 is 25.6 Å². The highest BCUT2D eigenvalue weighted by Crippen LogP contribution is 2.24. The molecule has 17 heavy (non-hydrogen) atoms. The monoisotopic (exact) mass is 279 g/mol. The predicted molar refractivity (Wildman–Crippen MR) is 67.9 cm³/mol. The van der Waals surface area contributed by atoms with Crippen LogP contribution in [0.4, 0.5) is 5.69 Å². The van der Waals surface area contributed by atoms with Crippen molar-refractivity contribution in [2.45, 2.75) is 6.10 Å². The van der Waals surface area contributed by atoms with Crippen molar-refractivity contribution in [2.24, 2.45) is 0 Å². The summed E-state index contributed by atoms with van der Waals surface area (Å²) >= 11 is 11.6. The molecular weight excluding hydrogens is 268 g/mol. The number of aliphatic hydroxyl groups is 2. The minimum atomic E-state index is -1.71. The normalized spacial score (nSPS) is 12.4. The average Bonchev–Trinajstić information content (AvgIpc) is 2.26. The molecule has 0 amide bonds. The maximum atomic E-state index is 9.16. The van der Waals surface area contributed by atoms with Gasteiger partial charge in [-0.3, -0.25) is 0 Å². The lowest BCUT2D eigenvalue weighted by molar-refractivity contribution is 0.105. The van der Waals surface area contributed by atoms with Crippen LogP contribution >= 0.6 is 23.2 Å². The maximum Gasteiger partial charge on any atom is 0.490 e. The standard InChI is InChI=1S/C9H12BCl2NO4/c11-7-2-8(12)9(1-6(7)10(16)17)13-3-5(15)4-14/h1-2,5,13-17H,3-4H2. The maximum absolute atomic E-state index is 9.16. The van der Waals surface area contributed by atoms with Gasteiger partial charge in [-0.2, -0.15) is 0 Å². The van der Waals surface area contributed by atoms with E-state index < -0.39 is 13.2 Å². The number of hydrogen-bond donors (Lipinski definition) is 5. The molecular formula is C9H12BCl2NO4. The summed E-state index contributed by atoms with van der Waals surface area (Å²) in [4.78, 5) is 0. The average molecular weight is 280 g/mol. The van der Waals surface area contributed by atoms with Crippen molar-refractivity contribution in [1.82, 2.24) is 0 Å². The third kappa shape index (κ3) is 4.03. The van der Waals surface area contributed by atoms with Crippen LogP contribution in [0.5, 0.6) is 0 Å². The second-order valence-corrected chi connectivity index (χ2v) is 4.26. The lowest BCUT2D eigenvalue weighted by Crippen LogP contribution is -2.31. The van der Waals surface area contributed by atoms with Crippen molar-refractivity contribution in [3.8, 4) is 0 Å². The Morgan fingerprint density at radius 3 is 2.41 bits per heavy atom. The Bertz CT molecular complexity index is 392. The second kappa shape index (κ2) is 6.44. The molecule has 0 fully saturated rings. The first-order valence-corrected chi connectivity index (χ1v) is 5.59. The van der Waals surface area contributed by atoms with E-state index in [-0.39, 0.29) is 28.7 Å². The number of anilines is 1. The first-order chi connectivity index (χ1) is 7.95. The Labute approximate surface area is 109 Å². The summed E-state index contributed by atoms with van der Waals surface area (Å²) in [7, 11) is -1.71. The molecule has 5 nitrogen and oxygen atoms in total. The van der Waals surface area contributed by atoms with E-state index >= 15 is 0 Å². The van der Waals surface area contributed by atoms with E-state index in [4.69, 9.17) is 43.5 Å². The van der Waals surface area contributed by atoms with Crippen LogP contribution in [-0.4, -0.2) is 46.6 Å². The van der Waals surface area contributed by atoms with Crippen molar-refractivity contribution >= 4 is 41.5 Å². The summed E-state index contributed by atoms with van der Waals surface area (Å²) in [5.74, 6) is 0. The van der Waals surface area contributed by atoms with Gasteiger partial charge in [0.05, 0.1) is 23.4 Å². The zero-order valence-corrected chi connectivity index (χ0v) is 10.3. The molecule has 1 rings (SSSR count). The lowest BCUT2D eigenvalue weighted by atomic mass is 9.80. The second-order valence-electron chi connectivity index (χ2n) is 3.44. The van der Waals surface area contributed by atoms with Gasteiger partial charge in [0.15, 0.2) is 0 Å². The smallest absolute Gasteiger partial charge is 0.423 e. The molecule has 0 radical (unpaired) electrons. The molecule has 0 aliphatic heterocycles. The van der Waals surface area contributed by atoms with Gasteiger partial charge in [0.2, 0.25) is 0 Å². The molecule has 0 saturated heterocycles. The molecule has 5 N–H and O–H groups in total. The Kier molecular flexibility index (Phi) is 5.52. The van der Waals surface area contributed by atoms with Crippen molar-refractivity contribution in [3.63, 3.8) is 0 Å². The molecule has 0 spiro atoms. The molecule has 0 heterocycles. The van der Waals surface area contributed by atoms with Crippen LogP contribution in [-0.2, 0) is 0 Å². The van der Waals surface area contributed by atoms with Crippen molar-refractivity contribution in [1.29, 1.82) is 0 Å². The van der Waals surface area contributed by atoms with E-state index in [2.05, 4.69) is 5.32 Å². The quantitative estimate of drug-likeness (QED) is 0.466. The molecule has 1 aromatic rings. The topological polar surface area (TPSA) is 93.0 Å². The van der Waals surface area contributed by atoms with Gasteiger partial charge >= 0.3 is 7.12 Å². The summed E-state index contributed by atoms with van der Waals surface area (Å²) in [6.45, 7) is -0.299. The molecule has 1 aromatic carbocycles. The first kappa shape index (κ1) is 14.6. The molecule has 0 aliphatic rings. The van der Waals surface area contributed by atoms with E-state index in [1.165, 1.54) is 12.1 Å². The van der Waals surface area contributed by atoms with E-state index in [0.717, 1.165) is 0 Å². The number of hydrogen-bond acceptors (Lipinski definition) is 5. The Morgan fingerprint density at radius 2 is 1.88 bits per heavy atom. The predicted octanol–water partition coefficient (Wildman–Crippen LogP) is -0.562. The van der Waals surface area contributed by atoms with Gasteiger partial charge in [0.25, 0.3) is 0 Å². The highest BCUT2D eigenvalue weighted by Gasteiger charge is 2.18. The molecule has 0 bridgehead atoms. The summed E-state index contributed by atoms with van der Waals surface area (Å²) in [6.07, 6.45) is -0.927. The zero-order valence-electron chi connectivity index (χ0n) is 8.77. The number of rotatable bonds is 5. The van der Waals surface area contributed by atoms with Crippen molar-refractivity contribution < 1.29 is 20.3 Å². The van der Waals surface area contributed by atoms with Gasteiger partial charge in [0.1, 0.15) is 0 Å². The molecule has 1 unspecified atom stereocenters. The van der Waals surface area contributed by atoms with Gasteiger partial charge in [-0.15, -0.1) is 0 Å². The van der Waals surface area contributed by atoms with Crippen LogP contribution < -0.4 is 10.8 Å². The Balaban J connectivity index is 2.88. The summed E-state index contributed by atoms with van der Waals surface area (Å²) in [5.41, 5.74) is 0.503. The van der Waals surface area contributed by atoms with Gasteiger partial charge in [0, 0.05) is 17.0 Å². The van der Waals surface area contributed by atoms with Gasteiger partial charge in [-0.05, 0) is 12.1 Å². The molecule has 0 aromatic heterocycles. The number of nitrogens with one attached hydrogen (secondary N) is 1. The zero-order chi connectivity index (χ0) is 13.0. The highest BCUT2D eigenvalue weighted by molar-refractivity contribution is 6.63. The third-order valence-corrected chi connectivity index (χ3v) is 2.74. The fraction of sp³-hybridized carbons (Fsp3) is 0.333. The minimum Gasteiger partial charge on any atom is -0.423 e. The molecule has 0 aliphatic carbocycles. The molecule has 8 heteroatoms. The van der Waals surface area contributed by atoms with E-state index in [1.807, 2.05) is 0 Å². The fourth-order valence-electron chi connectivity index (χ4n) is 1.19. The Morgan fingerprint density at radius 1 is 1.24 bits per heavy atom. The largest absolute Gasteiger partial charge is 0.490 e. The molecule has 0 saturated carbocycles. The van der Waals surface area contributed by atoms with Crippen LogP contribution in [0.1, 0.15) is 0 Å². The number of halogens is 2. The summed E-state index contributed by atoms with van der Waals surface area (Å²) in [5, 5.41) is 39.1. The van der Waals surface area contributed by atoms with Gasteiger partial charge in [-0.1, -0.05) is 23.2 Å². The first-order valence-electron chi connectivity index (χ1n) is 4.83. The Hall–Kier alpha value is -0.495. The van der Waals surface area contributed by atoms with Crippen LogP contribution in [0.3, 0.4) is 0 Å². The summed E-state index contributed by atoms with van der Waals surface area (Å²) in [6, 6.07) is 2.74. The SMILES string of the molecule is OCC(O)CNc1cc(B(O)O)c(Cl)cc1Cl. The number of benzene rings is 1. The fourth-order valence-corrected chi connectivity index (χ4v) is 1.74. The molecule has 1 atom stereocenters. The van der Waals surface area contributed by atoms with E-state index in [0.29, 0.717) is 5.69 Å². The van der Waals surface area contributed by atoms with E-state index in [9.17, 15) is 0 Å². The van der Waals surface area contributed by atoms with Crippen LogP contribution in [0.2, 0.25) is 10.0 Å². The van der Waals surface area contributed by atoms with Gasteiger partial charge in [-0.25, -0.2) is 0 Å². The number of aliphatic hydroxyl groups excluding tert-OH is 2. The summed E-state index contributed by atoms with van der Waals surface area (Å²) < 4.78 is 0. The van der Waals surface area contributed by atoms with E-state index in [1.54, 1.807) is 0 Å². The van der Waals surface area contributed by atoms with Crippen LogP contribution in [0.15, 0.2) is 12.1 Å². The molecule has 94 valence electrons. The van der Waals surface area contributed by atoms with Crippen LogP contribution in [0.25, 0.3) is 0 Å². The minimum absolute atomic E-state index is 0.0822.